The number of aromatic amines is 1. The molecular formula is C16H21F3N2O. The highest BCUT2D eigenvalue weighted by Crippen LogP contribution is 2.31. The van der Waals surface area contributed by atoms with Gasteiger partial charge < -0.3 is 9.72 Å². The van der Waals surface area contributed by atoms with Crippen LogP contribution in [0.2, 0.25) is 0 Å². The molecule has 1 aromatic carbocycles. The van der Waals surface area contributed by atoms with Crippen molar-refractivity contribution in [2.75, 3.05) is 6.61 Å². The van der Waals surface area contributed by atoms with Crippen molar-refractivity contribution in [2.24, 2.45) is 0 Å². The molecule has 3 nitrogen and oxygen atoms in total. The van der Waals surface area contributed by atoms with Crippen LogP contribution in [0.3, 0.4) is 0 Å². The Morgan fingerprint density at radius 1 is 1.09 bits per heavy atom. The summed E-state index contributed by atoms with van der Waals surface area (Å²) in [4.78, 5) is 5.90. The zero-order valence-electron chi connectivity index (χ0n) is 12.7. The van der Waals surface area contributed by atoms with Gasteiger partial charge in [0.15, 0.2) is 0 Å². The molecule has 0 aliphatic carbocycles. The molecule has 0 amide bonds. The Hall–Kier alpha value is -1.72. The van der Waals surface area contributed by atoms with Gasteiger partial charge in [-0.05, 0) is 18.6 Å². The minimum atomic E-state index is -4.48. The van der Waals surface area contributed by atoms with Crippen molar-refractivity contribution < 1.29 is 17.9 Å². The first-order valence-corrected chi connectivity index (χ1v) is 7.71. The van der Waals surface area contributed by atoms with Gasteiger partial charge in [-0.15, -0.1) is 0 Å². The normalized spacial score (nSPS) is 12.0. The first-order chi connectivity index (χ1) is 10.5. The molecule has 0 aliphatic heterocycles. The number of fused-ring (bicyclic) bond motifs is 1. The Balaban J connectivity index is 1.92. The number of unbranched alkanes of at least 4 members (excludes halogenated alkanes) is 5. The predicted octanol–water partition coefficient (Wildman–Crippen LogP) is 5.32. The lowest BCUT2D eigenvalue weighted by Gasteiger charge is -2.06. The number of halogens is 3. The van der Waals surface area contributed by atoms with E-state index < -0.39 is 12.0 Å². The number of hydrogen-bond acceptors (Lipinski definition) is 2. The summed E-state index contributed by atoms with van der Waals surface area (Å²) >= 11 is 0. The number of H-pyrrole nitrogens is 1. The molecule has 2 rings (SSSR count). The fraction of sp³-hybridized carbons (Fsp3) is 0.562. The lowest BCUT2D eigenvalue weighted by Crippen LogP contribution is -2.07. The Morgan fingerprint density at radius 3 is 2.55 bits per heavy atom. The smallest absolute Gasteiger partial charge is 0.449 e. The Kier molecular flexibility index (Phi) is 5.69. The summed E-state index contributed by atoms with van der Waals surface area (Å²) in [5, 5.41) is 0. The van der Waals surface area contributed by atoms with E-state index in [1.165, 1.54) is 25.7 Å². The van der Waals surface area contributed by atoms with Gasteiger partial charge in [-0.1, -0.05) is 45.1 Å². The van der Waals surface area contributed by atoms with Crippen LogP contribution in [0.1, 0.15) is 51.3 Å². The van der Waals surface area contributed by atoms with E-state index in [1.54, 1.807) is 18.2 Å². The Labute approximate surface area is 127 Å². The molecule has 1 N–H and O–H groups in total. The van der Waals surface area contributed by atoms with Crippen molar-refractivity contribution in [3.8, 4) is 5.75 Å². The third-order valence-electron chi connectivity index (χ3n) is 3.50. The highest BCUT2D eigenvalue weighted by Gasteiger charge is 2.35. The fourth-order valence-corrected chi connectivity index (χ4v) is 2.32. The molecule has 1 heterocycles. The maximum atomic E-state index is 12.7. The van der Waals surface area contributed by atoms with Gasteiger partial charge in [0.2, 0.25) is 5.82 Å². The molecule has 0 saturated heterocycles. The first-order valence-electron chi connectivity index (χ1n) is 7.71. The highest BCUT2D eigenvalue weighted by molar-refractivity contribution is 5.81. The van der Waals surface area contributed by atoms with Crippen LogP contribution in [0.5, 0.6) is 5.75 Å². The molecule has 1 aromatic heterocycles. The summed E-state index contributed by atoms with van der Waals surface area (Å²) < 4.78 is 43.6. The lowest BCUT2D eigenvalue weighted by molar-refractivity contribution is -0.144. The molecule has 0 bridgehead atoms. The molecule has 0 atom stereocenters. The van der Waals surface area contributed by atoms with Gasteiger partial charge in [0, 0.05) is 0 Å². The average Bonchev–Trinajstić information content (AvgIpc) is 2.91. The monoisotopic (exact) mass is 314 g/mol. The van der Waals surface area contributed by atoms with Crippen LogP contribution in [0.25, 0.3) is 11.0 Å². The number of rotatable bonds is 8. The number of ether oxygens (including phenoxy) is 1. The summed E-state index contributed by atoms with van der Waals surface area (Å²) in [6.07, 6.45) is 2.34. The molecule has 0 spiro atoms. The van der Waals surface area contributed by atoms with Crippen LogP contribution in [0, 0.1) is 0 Å². The van der Waals surface area contributed by atoms with Crippen molar-refractivity contribution in [3.63, 3.8) is 0 Å². The summed E-state index contributed by atoms with van der Waals surface area (Å²) in [6, 6.07) is 4.88. The van der Waals surface area contributed by atoms with Gasteiger partial charge in [-0.25, -0.2) is 4.98 Å². The molecule has 6 heteroatoms. The number of hydrogen-bond donors (Lipinski definition) is 1. The summed E-state index contributed by atoms with van der Waals surface area (Å²) in [7, 11) is 0. The molecule has 0 fully saturated rings. The van der Waals surface area contributed by atoms with Crippen LogP contribution in [0.15, 0.2) is 18.2 Å². The maximum Gasteiger partial charge on any atom is 0.449 e. The molecule has 0 aliphatic rings. The number of benzene rings is 1. The van der Waals surface area contributed by atoms with Crippen molar-refractivity contribution in [1.82, 2.24) is 9.97 Å². The summed E-state index contributed by atoms with van der Waals surface area (Å²) in [5.41, 5.74) is 0.577. The van der Waals surface area contributed by atoms with E-state index in [2.05, 4.69) is 16.9 Å². The predicted molar refractivity (Wildman–Crippen MR) is 80.0 cm³/mol. The SMILES string of the molecule is CCCCCCCCOc1cccc2[nH]c(C(F)(F)F)nc12. The first kappa shape index (κ1) is 16.6. The third-order valence-corrected chi connectivity index (χ3v) is 3.50. The van der Waals surface area contributed by atoms with Crippen LogP contribution < -0.4 is 4.74 Å². The van der Waals surface area contributed by atoms with Crippen LogP contribution in [-0.4, -0.2) is 16.6 Å². The average molecular weight is 314 g/mol. The molecular weight excluding hydrogens is 293 g/mol. The van der Waals surface area contributed by atoms with E-state index in [1.807, 2.05) is 0 Å². The van der Waals surface area contributed by atoms with E-state index in [-0.39, 0.29) is 5.52 Å². The molecule has 122 valence electrons. The molecule has 0 saturated carbocycles. The summed E-state index contributed by atoms with van der Waals surface area (Å²) in [5.74, 6) is -0.587. The highest BCUT2D eigenvalue weighted by atomic mass is 19.4. The van der Waals surface area contributed by atoms with Gasteiger partial charge in [0.1, 0.15) is 11.3 Å². The second-order valence-electron chi connectivity index (χ2n) is 5.35. The quantitative estimate of drug-likeness (QED) is 0.669. The summed E-state index contributed by atoms with van der Waals surface area (Å²) in [6.45, 7) is 2.67. The van der Waals surface area contributed by atoms with Crippen molar-refractivity contribution in [2.45, 2.75) is 51.6 Å². The second-order valence-corrected chi connectivity index (χ2v) is 5.35. The van der Waals surface area contributed by atoms with E-state index in [4.69, 9.17) is 4.74 Å². The Morgan fingerprint density at radius 2 is 1.82 bits per heavy atom. The van der Waals surface area contributed by atoms with Crippen molar-refractivity contribution in [3.05, 3.63) is 24.0 Å². The van der Waals surface area contributed by atoms with Crippen LogP contribution in [-0.2, 0) is 6.18 Å². The second kappa shape index (κ2) is 7.51. The minimum Gasteiger partial charge on any atom is -0.491 e. The maximum absolute atomic E-state index is 12.7. The van der Waals surface area contributed by atoms with Crippen LogP contribution in [0.4, 0.5) is 13.2 Å². The van der Waals surface area contributed by atoms with E-state index in [9.17, 15) is 13.2 Å². The zero-order valence-corrected chi connectivity index (χ0v) is 12.7. The van der Waals surface area contributed by atoms with Gasteiger partial charge >= 0.3 is 6.18 Å². The topological polar surface area (TPSA) is 37.9 Å². The standard InChI is InChI=1S/C16H21F3N2O/c1-2-3-4-5-6-7-11-22-13-10-8-9-12-14(13)21-15(20-12)16(17,18)19/h8-10H,2-7,11H2,1H3,(H,20,21). The number of imidazole rings is 1. The third kappa shape index (κ3) is 4.39. The number of nitrogens with zero attached hydrogens (tertiary/aromatic N) is 1. The number of nitrogens with one attached hydrogen (secondary N) is 1. The zero-order chi connectivity index (χ0) is 16.0. The Bertz CT molecular complexity index is 593. The van der Waals surface area contributed by atoms with Gasteiger partial charge in [0.25, 0.3) is 0 Å². The van der Waals surface area contributed by atoms with Crippen molar-refractivity contribution in [1.29, 1.82) is 0 Å². The largest absolute Gasteiger partial charge is 0.491 e. The van der Waals surface area contributed by atoms with Crippen LogP contribution >= 0.6 is 0 Å². The van der Waals surface area contributed by atoms with Gasteiger partial charge in [0.05, 0.1) is 12.1 Å². The fourth-order valence-electron chi connectivity index (χ4n) is 2.32. The van der Waals surface area contributed by atoms with E-state index in [0.717, 1.165) is 12.8 Å². The molecule has 2 aromatic rings. The van der Waals surface area contributed by atoms with Gasteiger partial charge in [-0.3, -0.25) is 0 Å². The molecule has 0 radical (unpaired) electrons. The minimum absolute atomic E-state index is 0.237. The molecule has 22 heavy (non-hydrogen) atoms. The number of aromatic nitrogens is 2. The molecule has 0 unspecified atom stereocenters. The van der Waals surface area contributed by atoms with E-state index in [0.29, 0.717) is 17.9 Å². The number of para-hydroxylation sites is 1. The van der Waals surface area contributed by atoms with Crippen molar-refractivity contribution >= 4 is 11.0 Å². The van der Waals surface area contributed by atoms with E-state index >= 15 is 0 Å². The number of alkyl halides is 3. The lowest BCUT2D eigenvalue weighted by atomic mass is 10.1. The van der Waals surface area contributed by atoms with Gasteiger partial charge in [-0.2, -0.15) is 13.2 Å².